The minimum Gasteiger partial charge on any atom is -0.462 e. The zero-order valence-corrected chi connectivity index (χ0v) is 9.18. The molecule has 2 nitrogen and oxygen atoms in total. The molecule has 0 atom stereocenters. The van der Waals surface area contributed by atoms with Crippen molar-refractivity contribution in [2.24, 2.45) is 0 Å². The van der Waals surface area contributed by atoms with Gasteiger partial charge in [-0.05, 0) is 38.8 Å². The molecule has 0 saturated carbocycles. The van der Waals surface area contributed by atoms with Crippen LogP contribution in [0.1, 0.15) is 34.0 Å². The molecule has 76 valence electrons. The fraction of sp³-hybridized carbons (Fsp3) is 0.417. The van der Waals surface area contributed by atoms with Gasteiger partial charge in [-0.2, -0.15) is 0 Å². The summed E-state index contributed by atoms with van der Waals surface area (Å²) in [6, 6.07) is 4.00. The minimum atomic E-state index is -0.220. The molecular formula is C12H16O2. The largest absolute Gasteiger partial charge is 0.462 e. The summed E-state index contributed by atoms with van der Waals surface area (Å²) >= 11 is 0. The Morgan fingerprint density at radius 3 is 2.14 bits per heavy atom. The summed E-state index contributed by atoms with van der Waals surface area (Å²) in [7, 11) is 0. The summed E-state index contributed by atoms with van der Waals surface area (Å²) in [6.45, 7) is 8.13. The number of hydrogen-bond donors (Lipinski definition) is 0. The lowest BCUT2D eigenvalue weighted by Crippen LogP contribution is -2.09. The standard InChI is InChI=1S/C12H16O2/c1-5-14-12(13)11-9(3)6-8(2)7-10(11)4/h6-7H,5H2,1-4H3. The van der Waals surface area contributed by atoms with E-state index in [0.717, 1.165) is 11.1 Å². The molecule has 1 aromatic carbocycles. The Morgan fingerprint density at radius 1 is 1.21 bits per heavy atom. The van der Waals surface area contributed by atoms with E-state index in [1.54, 1.807) is 0 Å². The monoisotopic (exact) mass is 192 g/mol. The van der Waals surface area contributed by atoms with Gasteiger partial charge in [0, 0.05) is 0 Å². The van der Waals surface area contributed by atoms with Crippen LogP contribution in [-0.4, -0.2) is 12.6 Å². The molecule has 0 aliphatic rings. The molecule has 0 saturated heterocycles. The SMILES string of the molecule is CCOC(=O)c1c(C)cc(C)cc1C. The van der Waals surface area contributed by atoms with Crippen LogP contribution in [0.3, 0.4) is 0 Å². The Bertz CT molecular complexity index is 330. The number of carbonyl (C=O) groups excluding carboxylic acids is 1. The molecule has 2 heteroatoms. The highest BCUT2D eigenvalue weighted by molar-refractivity contribution is 5.92. The Hall–Kier alpha value is -1.31. The molecule has 0 bridgehead atoms. The van der Waals surface area contributed by atoms with Crippen LogP contribution in [0.5, 0.6) is 0 Å². The van der Waals surface area contributed by atoms with Crippen molar-refractivity contribution in [3.63, 3.8) is 0 Å². The van der Waals surface area contributed by atoms with Crippen molar-refractivity contribution in [3.8, 4) is 0 Å². The van der Waals surface area contributed by atoms with Crippen molar-refractivity contribution in [1.29, 1.82) is 0 Å². The first-order valence-corrected chi connectivity index (χ1v) is 4.81. The van der Waals surface area contributed by atoms with E-state index in [2.05, 4.69) is 0 Å². The van der Waals surface area contributed by atoms with Gasteiger partial charge in [0.15, 0.2) is 0 Å². The van der Waals surface area contributed by atoms with E-state index >= 15 is 0 Å². The van der Waals surface area contributed by atoms with Gasteiger partial charge in [0.05, 0.1) is 12.2 Å². The minimum absolute atomic E-state index is 0.220. The predicted molar refractivity (Wildman–Crippen MR) is 56.6 cm³/mol. The van der Waals surface area contributed by atoms with Crippen LogP contribution in [0.25, 0.3) is 0 Å². The van der Waals surface area contributed by atoms with Gasteiger partial charge in [0.2, 0.25) is 0 Å². The van der Waals surface area contributed by atoms with Crippen molar-refractivity contribution < 1.29 is 9.53 Å². The van der Waals surface area contributed by atoms with Gasteiger partial charge < -0.3 is 4.74 Å². The van der Waals surface area contributed by atoms with Crippen LogP contribution in [-0.2, 0) is 4.74 Å². The van der Waals surface area contributed by atoms with Crippen LogP contribution in [0, 0.1) is 20.8 Å². The normalized spacial score (nSPS) is 10.0. The molecule has 0 aliphatic carbocycles. The summed E-state index contributed by atoms with van der Waals surface area (Å²) in [5.74, 6) is -0.220. The highest BCUT2D eigenvalue weighted by Crippen LogP contribution is 2.17. The summed E-state index contributed by atoms with van der Waals surface area (Å²) in [5, 5.41) is 0. The molecule has 0 amide bonds. The van der Waals surface area contributed by atoms with Crippen molar-refractivity contribution in [1.82, 2.24) is 0 Å². The van der Waals surface area contributed by atoms with Crippen LogP contribution < -0.4 is 0 Å². The van der Waals surface area contributed by atoms with Crippen molar-refractivity contribution >= 4 is 5.97 Å². The third-order valence-corrected chi connectivity index (χ3v) is 2.16. The third-order valence-electron chi connectivity index (χ3n) is 2.16. The molecule has 0 unspecified atom stereocenters. The zero-order chi connectivity index (χ0) is 10.7. The smallest absolute Gasteiger partial charge is 0.338 e. The second kappa shape index (κ2) is 4.27. The van der Waals surface area contributed by atoms with Gasteiger partial charge in [-0.3, -0.25) is 0 Å². The number of carbonyl (C=O) groups is 1. The first-order chi connectivity index (χ1) is 6.56. The Kier molecular flexibility index (Phi) is 3.28. The van der Waals surface area contributed by atoms with E-state index in [4.69, 9.17) is 4.74 Å². The molecular weight excluding hydrogens is 176 g/mol. The number of benzene rings is 1. The molecule has 1 aromatic rings. The second-order valence-corrected chi connectivity index (χ2v) is 3.49. The zero-order valence-electron chi connectivity index (χ0n) is 9.18. The molecule has 0 N–H and O–H groups in total. The van der Waals surface area contributed by atoms with Gasteiger partial charge in [-0.1, -0.05) is 17.7 Å². The van der Waals surface area contributed by atoms with E-state index in [9.17, 15) is 4.79 Å². The molecule has 14 heavy (non-hydrogen) atoms. The highest BCUT2D eigenvalue weighted by Gasteiger charge is 2.12. The average molecular weight is 192 g/mol. The average Bonchev–Trinajstić information content (AvgIpc) is 2.01. The van der Waals surface area contributed by atoms with Gasteiger partial charge in [-0.25, -0.2) is 4.79 Å². The molecule has 0 fully saturated rings. The highest BCUT2D eigenvalue weighted by atomic mass is 16.5. The number of esters is 1. The topological polar surface area (TPSA) is 26.3 Å². The number of rotatable bonds is 2. The number of aryl methyl sites for hydroxylation is 3. The van der Waals surface area contributed by atoms with E-state index in [1.165, 1.54) is 5.56 Å². The maximum Gasteiger partial charge on any atom is 0.338 e. The summed E-state index contributed by atoms with van der Waals surface area (Å²) < 4.78 is 4.99. The first kappa shape index (κ1) is 10.8. The van der Waals surface area contributed by atoms with Crippen LogP contribution in [0.2, 0.25) is 0 Å². The van der Waals surface area contributed by atoms with Crippen LogP contribution in [0.4, 0.5) is 0 Å². The Balaban J connectivity index is 3.14. The Labute approximate surface area is 84.9 Å². The molecule has 1 rings (SSSR count). The Morgan fingerprint density at radius 2 is 1.71 bits per heavy atom. The van der Waals surface area contributed by atoms with E-state index in [0.29, 0.717) is 12.2 Å². The van der Waals surface area contributed by atoms with Gasteiger partial charge in [-0.15, -0.1) is 0 Å². The molecule has 0 spiro atoms. The number of ether oxygens (including phenoxy) is 1. The van der Waals surface area contributed by atoms with Crippen molar-refractivity contribution in [3.05, 3.63) is 34.4 Å². The summed E-state index contributed by atoms with van der Waals surface area (Å²) in [4.78, 5) is 11.6. The summed E-state index contributed by atoms with van der Waals surface area (Å²) in [6.07, 6.45) is 0. The maximum atomic E-state index is 11.6. The lowest BCUT2D eigenvalue weighted by atomic mass is 10.00. The van der Waals surface area contributed by atoms with Gasteiger partial charge in [0.1, 0.15) is 0 Å². The predicted octanol–water partition coefficient (Wildman–Crippen LogP) is 2.79. The lowest BCUT2D eigenvalue weighted by Gasteiger charge is -2.09. The molecule has 0 heterocycles. The first-order valence-electron chi connectivity index (χ1n) is 4.81. The lowest BCUT2D eigenvalue weighted by molar-refractivity contribution is 0.0524. The second-order valence-electron chi connectivity index (χ2n) is 3.49. The van der Waals surface area contributed by atoms with Crippen molar-refractivity contribution in [2.45, 2.75) is 27.7 Å². The van der Waals surface area contributed by atoms with E-state index in [1.807, 2.05) is 39.8 Å². The fourth-order valence-electron chi connectivity index (χ4n) is 1.71. The van der Waals surface area contributed by atoms with Gasteiger partial charge in [0.25, 0.3) is 0 Å². The third kappa shape index (κ3) is 2.13. The quantitative estimate of drug-likeness (QED) is 0.673. The van der Waals surface area contributed by atoms with Gasteiger partial charge >= 0.3 is 5.97 Å². The molecule has 0 aromatic heterocycles. The molecule has 0 aliphatic heterocycles. The molecule has 0 radical (unpaired) electrons. The van der Waals surface area contributed by atoms with E-state index in [-0.39, 0.29) is 5.97 Å². The number of hydrogen-bond acceptors (Lipinski definition) is 2. The fourth-order valence-corrected chi connectivity index (χ4v) is 1.71. The van der Waals surface area contributed by atoms with Crippen molar-refractivity contribution in [2.75, 3.05) is 6.61 Å². The summed E-state index contributed by atoms with van der Waals surface area (Å²) in [5.41, 5.74) is 3.85. The van der Waals surface area contributed by atoms with Crippen LogP contribution >= 0.6 is 0 Å². The van der Waals surface area contributed by atoms with E-state index < -0.39 is 0 Å². The maximum absolute atomic E-state index is 11.6. The van der Waals surface area contributed by atoms with Crippen LogP contribution in [0.15, 0.2) is 12.1 Å².